The van der Waals surface area contributed by atoms with Gasteiger partial charge in [0.05, 0.1) is 5.69 Å². The molecule has 1 atom stereocenters. The van der Waals surface area contributed by atoms with E-state index in [0.29, 0.717) is 11.3 Å². The summed E-state index contributed by atoms with van der Waals surface area (Å²) in [6.45, 7) is 5.30. The number of esters is 1. The minimum absolute atomic E-state index is 0.0977. The zero-order valence-corrected chi connectivity index (χ0v) is 16.4. The molecule has 0 saturated heterocycles. The molecule has 1 aromatic carbocycles. The lowest BCUT2D eigenvalue weighted by Crippen LogP contribution is -2.38. The van der Waals surface area contributed by atoms with Crippen LogP contribution in [0.3, 0.4) is 0 Å². The van der Waals surface area contributed by atoms with Gasteiger partial charge in [-0.2, -0.15) is 0 Å². The van der Waals surface area contributed by atoms with E-state index >= 15 is 0 Å². The van der Waals surface area contributed by atoms with Crippen molar-refractivity contribution in [1.82, 2.24) is 10.3 Å². The van der Waals surface area contributed by atoms with Gasteiger partial charge in [-0.1, -0.05) is 41.4 Å². The Morgan fingerprint density at radius 2 is 1.74 bits per heavy atom. The number of hydrogen-bond donors (Lipinski definition) is 1. The van der Waals surface area contributed by atoms with E-state index in [1.165, 1.54) is 12.1 Å². The number of rotatable bonds is 3. The zero-order chi connectivity index (χ0) is 19.8. The van der Waals surface area contributed by atoms with Gasteiger partial charge in [-0.05, 0) is 39.0 Å². The monoisotopic (exact) mass is 405 g/mol. The number of halogens is 2. The standard InChI is InChI=1S/C19H17Cl2N3O3/c1-19(2,3)27-18(26)16-15(11-6-4-5-7-12(11)22-16)24-17(25)10-8-13(20)23-14(21)9-10/h4-9,15H,1-3H3,(H,24,25). The van der Waals surface area contributed by atoms with Crippen LogP contribution in [0.1, 0.15) is 42.7 Å². The minimum Gasteiger partial charge on any atom is -0.455 e. The summed E-state index contributed by atoms with van der Waals surface area (Å²) in [5, 5.41) is 3.00. The number of carbonyl (C=O) groups excluding carboxylic acids is 2. The molecule has 1 aromatic heterocycles. The molecule has 1 amide bonds. The highest BCUT2D eigenvalue weighted by Crippen LogP contribution is 2.34. The summed E-state index contributed by atoms with van der Waals surface area (Å²) in [6.07, 6.45) is 0. The van der Waals surface area contributed by atoms with Crippen molar-refractivity contribution in [3.05, 3.63) is 57.8 Å². The molecule has 27 heavy (non-hydrogen) atoms. The Kier molecular flexibility index (Phi) is 5.22. The highest BCUT2D eigenvalue weighted by Gasteiger charge is 2.35. The Bertz CT molecular complexity index is 931. The number of benzene rings is 1. The van der Waals surface area contributed by atoms with Gasteiger partial charge in [0.15, 0.2) is 5.71 Å². The predicted molar refractivity (Wildman–Crippen MR) is 104 cm³/mol. The molecule has 1 unspecified atom stereocenters. The number of para-hydroxylation sites is 1. The summed E-state index contributed by atoms with van der Waals surface area (Å²) >= 11 is 11.7. The second kappa shape index (κ2) is 7.29. The lowest BCUT2D eigenvalue weighted by Gasteiger charge is -2.22. The van der Waals surface area contributed by atoms with E-state index in [4.69, 9.17) is 27.9 Å². The van der Waals surface area contributed by atoms with E-state index in [0.717, 1.165) is 0 Å². The fourth-order valence-corrected chi connectivity index (χ4v) is 3.09. The first-order valence-corrected chi connectivity index (χ1v) is 8.94. The van der Waals surface area contributed by atoms with Crippen molar-refractivity contribution >= 4 is 46.5 Å². The molecular weight excluding hydrogens is 389 g/mol. The summed E-state index contributed by atoms with van der Waals surface area (Å²) in [6, 6.07) is 9.24. The Hall–Kier alpha value is -2.44. The molecule has 1 aliphatic rings. The number of nitrogens with one attached hydrogen (secondary N) is 1. The predicted octanol–water partition coefficient (Wildman–Crippen LogP) is 4.29. The molecule has 0 bridgehead atoms. The minimum atomic E-state index is -0.741. The van der Waals surface area contributed by atoms with Crippen LogP contribution in [-0.2, 0) is 9.53 Å². The summed E-state index contributed by atoms with van der Waals surface area (Å²) in [7, 11) is 0. The number of hydrogen-bond acceptors (Lipinski definition) is 5. The van der Waals surface area contributed by atoms with Gasteiger partial charge >= 0.3 is 5.97 Å². The quantitative estimate of drug-likeness (QED) is 0.609. The highest BCUT2D eigenvalue weighted by molar-refractivity contribution is 6.41. The van der Waals surface area contributed by atoms with Crippen LogP contribution < -0.4 is 5.32 Å². The number of aliphatic imine (C=N–C) groups is 1. The molecule has 140 valence electrons. The van der Waals surface area contributed by atoms with E-state index in [2.05, 4.69) is 15.3 Å². The smallest absolute Gasteiger partial charge is 0.355 e. The van der Waals surface area contributed by atoms with E-state index < -0.39 is 23.5 Å². The SMILES string of the molecule is CC(C)(C)OC(=O)C1=Nc2ccccc2C1NC(=O)c1cc(Cl)nc(Cl)c1. The fraction of sp³-hybridized carbons (Fsp3) is 0.263. The van der Waals surface area contributed by atoms with Crippen LogP contribution in [0, 0.1) is 0 Å². The molecule has 0 saturated carbocycles. The van der Waals surface area contributed by atoms with Crippen LogP contribution in [0.25, 0.3) is 0 Å². The van der Waals surface area contributed by atoms with Crippen LogP contribution >= 0.6 is 23.2 Å². The van der Waals surface area contributed by atoms with Gasteiger partial charge in [-0.3, -0.25) is 4.79 Å². The van der Waals surface area contributed by atoms with Gasteiger partial charge in [0.25, 0.3) is 5.91 Å². The first kappa shape index (κ1) is 19.3. The summed E-state index contributed by atoms with van der Waals surface area (Å²) in [4.78, 5) is 33.5. The van der Waals surface area contributed by atoms with Crippen molar-refractivity contribution in [3.8, 4) is 0 Å². The van der Waals surface area contributed by atoms with Crippen molar-refractivity contribution in [2.75, 3.05) is 0 Å². The van der Waals surface area contributed by atoms with Gasteiger partial charge in [-0.15, -0.1) is 0 Å². The van der Waals surface area contributed by atoms with Gasteiger partial charge < -0.3 is 10.1 Å². The van der Waals surface area contributed by atoms with Crippen LogP contribution in [0.15, 0.2) is 41.4 Å². The third-order valence-corrected chi connectivity index (χ3v) is 4.06. The lowest BCUT2D eigenvalue weighted by molar-refractivity contribution is -0.146. The Morgan fingerprint density at radius 1 is 1.11 bits per heavy atom. The van der Waals surface area contributed by atoms with Gasteiger partial charge in [0.2, 0.25) is 0 Å². The Labute approximate surface area is 166 Å². The normalized spacial score (nSPS) is 15.7. The van der Waals surface area contributed by atoms with Crippen molar-refractivity contribution in [1.29, 1.82) is 0 Å². The van der Waals surface area contributed by atoms with Crippen LogP contribution in [0.2, 0.25) is 10.3 Å². The molecule has 6 nitrogen and oxygen atoms in total. The first-order chi connectivity index (χ1) is 12.6. The first-order valence-electron chi connectivity index (χ1n) is 8.19. The Morgan fingerprint density at radius 3 is 2.37 bits per heavy atom. The van der Waals surface area contributed by atoms with Gasteiger partial charge in [-0.25, -0.2) is 14.8 Å². The van der Waals surface area contributed by atoms with E-state index in [1.54, 1.807) is 32.9 Å². The third kappa shape index (κ3) is 4.46. The molecule has 0 aliphatic carbocycles. The average Bonchev–Trinajstić information content (AvgIpc) is 2.91. The third-order valence-electron chi connectivity index (χ3n) is 3.67. The molecule has 2 aromatic rings. The van der Waals surface area contributed by atoms with Crippen molar-refractivity contribution in [2.45, 2.75) is 32.4 Å². The molecule has 0 fully saturated rings. The van der Waals surface area contributed by atoms with Gasteiger partial charge in [0.1, 0.15) is 21.9 Å². The summed E-state index contributed by atoms with van der Waals surface area (Å²) in [5.74, 6) is -1.05. The topological polar surface area (TPSA) is 80.6 Å². The maximum atomic E-state index is 12.7. The molecule has 2 heterocycles. The van der Waals surface area contributed by atoms with Crippen molar-refractivity contribution in [2.24, 2.45) is 4.99 Å². The van der Waals surface area contributed by atoms with E-state index in [-0.39, 0.29) is 21.6 Å². The van der Waals surface area contributed by atoms with Crippen molar-refractivity contribution in [3.63, 3.8) is 0 Å². The zero-order valence-electron chi connectivity index (χ0n) is 14.9. The second-order valence-electron chi connectivity index (χ2n) is 6.97. The largest absolute Gasteiger partial charge is 0.455 e. The van der Waals surface area contributed by atoms with Gasteiger partial charge in [0, 0.05) is 11.1 Å². The van der Waals surface area contributed by atoms with Crippen LogP contribution in [-0.4, -0.2) is 28.2 Å². The number of pyridine rings is 1. The maximum absolute atomic E-state index is 12.7. The lowest BCUT2D eigenvalue weighted by atomic mass is 10.0. The average molecular weight is 406 g/mol. The highest BCUT2D eigenvalue weighted by atomic mass is 35.5. The van der Waals surface area contributed by atoms with E-state index in [9.17, 15) is 9.59 Å². The summed E-state index contributed by atoms with van der Waals surface area (Å²) in [5.41, 5.74) is 0.973. The number of carbonyl (C=O) groups is 2. The Balaban J connectivity index is 1.91. The molecule has 8 heteroatoms. The molecule has 0 spiro atoms. The molecule has 3 rings (SSSR count). The molecule has 1 aliphatic heterocycles. The number of fused-ring (bicyclic) bond motifs is 1. The molecule has 1 N–H and O–H groups in total. The number of nitrogens with zero attached hydrogens (tertiary/aromatic N) is 2. The number of amides is 1. The fourth-order valence-electron chi connectivity index (χ4n) is 2.63. The van der Waals surface area contributed by atoms with Crippen LogP contribution in [0.4, 0.5) is 5.69 Å². The second-order valence-corrected chi connectivity index (χ2v) is 7.74. The number of ether oxygens (including phenoxy) is 1. The van der Waals surface area contributed by atoms with Crippen LogP contribution in [0.5, 0.6) is 0 Å². The number of aromatic nitrogens is 1. The summed E-state index contributed by atoms with van der Waals surface area (Å²) < 4.78 is 5.44. The molecular formula is C19H17Cl2N3O3. The van der Waals surface area contributed by atoms with Crippen molar-refractivity contribution < 1.29 is 14.3 Å². The maximum Gasteiger partial charge on any atom is 0.355 e. The van der Waals surface area contributed by atoms with E-state index in [1.807, 2.05) is 12.1 Å². The molecule has 0 radical (unpaired) electrons.